The summed E-state index contributed by atoms with van der Waals surface area (Å²) in [7, 11) is 0. The molecule has 34 heavy (non-hydrogen) atoms. The number of nitrogens with zero attached hydrogens (tertiary/aromatic N) is 2. The number of carbonyl (C=O) groups is 2. The Bertz CT molecular complexity index is 1380. The number of alkyl halides is 3. The average molecular weight is 486 g/mol. The molecule has 4 aromatic rings. The summed E-state index contributed by atoms with van der Waals surface area (Å²) >= 11 is 6.18. The molecule has 0 bridgehead atoms. The molecule has 3 aromatic carbocycles. The third-order valence-corrected chi connectivity index (χ3v) is 5.21. The number of aromatic nitrogens is 2. The highest BCUT2D eigenvalue weighted by Gasteiger charge is 2.35. The molecular formula is C24H15ClF3N3O3. The third-order valence-electron chi connectivity index (χ3n) is 4.89. The molecule has 0 aliphatic carbocycles. The molecule has 1 heterocycles. The zero-order chi connectivity index (χ0) is 24.5. The van der Waals surface area contributed by atoms with Gasteiger partial charge in [0.2, 0.25) is 0 Å². The standard InChI is InChI=1S/C24H15ClF3N3O3/c25-18-6-1-2-7-19(18)31-20(13-21(30-31)24(26,27)28)14-8-10-15(11-9-14)22(32)29-17-5-3-4-16(12-17)23(33)34/h1-13H,(H,29,32)(H,33,34). The average Bonchev–Trinajstić information content (AvgIpc) is 3.25. The van der Waals surface area contributed by atoms with Gasteiger partial charge in [-0.05, 0) is 48.5 Å². The highest BCUT2D eigenvalue weighted by molar-refractivity contribution is 6.32. The van der Waals surface area contributed by atoms with Crippen molar-refractivity contribution in [2.45, 2.75) is 6.18 Å². The maximum Gasteiger partial charge on any atom is 0.435 e. The SMILES string of the molecule is O=C(O)c1cccc(NC(=O)c2ccc(-c3cc(C(F)(F)F)nn3-c3ccccc3Cl)cc2)c1. The summed E-state index contributed by atoms with van der Waals surface area (Å²) in [5.41, 5.74) is 0.248. The first-order valence-corrected chi connectivity index (χ1v) is 10.2. The number of para-hydroxylation sites is 1. The number of rotatable bonds is 5. The summed E-state index contributed by atoms with van der Waals surface area (Å²) in [4.78, 5) is 23.7. The number of hydrogen-bond donors (Lipinski definition) is 2. The van der Waals surface area contributed by atoms with E-state index in [-0.39, 0.29) is 27.5 Å². The Balaban J connectivity index is 1.66. The summed E-state index contributed by atoms with van der Waals surface area (Å²) in [6, 6.07) is 18.9. The fraction of sp³-hybridized carbons (Fsp3) is 0.0417. The topological polar surface area (TPSA) is 84.2 Å². The minimum Gasteiger partial charge on any atom is -0.478 e. The molecule has 0 unspecified atom stereocenters. The number of carboxylic acids is 1. The summed E-state index contributed by atoms with van der Waals surface area (Å²) in [5.74, 6) is -1.64. The second-order valence-electron chi connectivity index (χ2n) is 7.19. The predicted octanol–water partition coefficient (Wildman–Crippen LogP) is 6.16. The number of hydrogen-bond acceptors (Lipinski definition) is 3. The van der Waals surface area contributed by atoms with Gasteiger partial charge in [-0.2, -0.15) is 18.3 Å². The molecule has 6 nitrogen and oxygen atoms in total. The van der Waals surface area contributed by atoms with Crippen LogP contribution in [0.3, 0.4) is 0 Å². The van der Waals surface area contributed by atoms with Crippen molar-refractivity contribution in [1.29, 1.82) is 0 Å². The van der Waals surface area contributed by atoms with Crippen LogP contribution < -0.4 is 5.32 Å². The van der Waals surface area contributed by atoms with Gasteiger partial charge in [-0.25, -0.2) is 9.48 Å². The van der Waals surface area contributed by atoms with E-state index in [4.69, 9.17) is 16.7 Å². The van der Waals surface area contributed by atoms with E-state index in [0.717, 1.165) is 10.7 Å². The lowest BCUT2D eigenvalue weighted by Gasteiger charge is -2.10. The molecule has 0 aliphatic rings. The number of carbonyl (C=O) groups excluding carboxylic acids is 1. The van der Waals surface area contributed by atoms with Gasteiger partial charge in [0.15, 0.2) is 5.69 Å². The summed E-state index contributed by atoms with van der Waals surface area (Å²) in [6.45, 7) is 0. The van der Waals surface area contributed by atoms with Crippen LogP contribution in [0.1, 0.15) is 26.4 Å². The van der Waals surface area contributed by atoms with E-state index in [2.05, 4.69) is 10.4 Å². The fourth-order valence-corrected chi connectivity index (χ4v) is 3.47. The number of anilines is 1. The van der Waals surface area contributed by atoms with Crippen molar-refractivity contribution in [2.75, 3.05) is 5.32 Å². The van der Waals surface area contributed by atoms with Crippen molar-refractivity contribution in [2.24, 2.45) is 0 Å². The lowest BCUT2D eigenvalue weighted by molar-refractivity contribution is -0.141. The van der Waals surface area contributed by atoms with Crippen molar-refractivity contribution < 1.29 is 27.9 Å². The maximum atomic E-state index is 13.4. The first-order chi connectivity index (χ1) is 16.1. The number of halogens is 4. The first kappa shape index (κ1) is 23.1. The molecule has 0 spiro atoms. The molecule has 172 valence electrons. The smallest absolute Gasteiger partial charge is 0.435 e. The second-order valence-corrected chi connectivity index (χ2v) is 7.60. The molecule has 1 amide bonds. The molecule has 2 N–H and O–H groups in total. The van der Waals surface area contributed by atoms with Crippen molar-refractivity contribution in [3.8, 4) is 16.9 Å². The third kappa shape index (κ3) is 4.79. The highest BCUT2D eigenvalue weighted by Crippen LogP contribution is 2.34. The number of carboxylic acid groups (broad SMARTS) is 1. The molecule has 0 fully saturated rings. The Kier molecular flexibility index (Phi) is 6.12. The van der Waals surface area contributed by atoms with Crippen LogP contribution in [0.2, 0.25) is 5.02 Å². The Morgan fingerprint density at radius 3 is 2.26 bits per heavy atom. The first-order valence-electron chi connectivity index (χ1n) is 9.81. The van der Waals surface area contributed by atoms with E-state index in [1.165, 1.54) is 42.5 Å². The van der Waals surface area contributed by atoms with E-state index >= 15 is 0 Å². The minimum absolute atomic E-state index is 0.0152. The quantitative estimate of drug-likeness (QED) is 0.354. The van der Waals surface area contributed by atoms with Gasteiger partial charge in [0.05, 0.1) is 22.0 Å². The van der Waals surface area contributed by atoms with E-state index in [1.807, 2.05) is 0 Å². The van der Waals surface area contributed by atoms with Crippen LogP contribution in [0.25, 0.3) is 16.9 Å². The van der Waals surface area contributed by atoms with Crippen LogP contribution in [0, 0.1) is 0 Å². The van der Waals surface area contributed by atoms with Gasteiger partial charge >= 0.3 is 12.1 Å². The number of aromatic carboxylic acids is 1. The van der Waals surface area contributed by atoms with Crippen LogP contribution >= 0.6 is 11.6 Å². The molecule has 0 saturated heterocycles. The molecule has 0 aliphatic heterocycles. The normalized spacial score (nSPS) is 11.3. The predicted molar refractivity (Wildman–Crippen MR) is 120 cm³/mol. The van der Waals surface area contributed by atoms with Gasteiger partial charge in [0.25, 0.3) is 5.91 Å². The Hall–Kier alpha value is -4.11. The van der Waals surface area contributed by atoms with Gasteiger partial charge < -0.3 is 10.4 Å². The summed E-state index contributed by atoms with van der Waals surface area (Å²) < 4.78 is 41.2. The van der Waals surface area contributed by atoms with Crippen molar-refractivity contribution in [3.05, 3.63) is 101 Å². The van der Waals surface area contributed by atoms with E-state index < -0.39 is 23.7 Å². The molecule has 1 aromatic heterocycles. The van der Waals surface area contributed by atoms with Gasteiger partial charge in [-0.15, -0.1) is 0 Å². The molecule has 0 radical (unpaired) electrons. The number of amides is 1. The molecular weight excluding hydrogens is 471 g/mol. The van der Waals surface area contributed by atoms with E-state index in [9.17, 15) is 22.8 Å². The Morgan fingerprint density at radius 1 is 0.912 bits per heavy atom. The van der Waals surface area contributed by atoms with Gasteiger partial charge in [0, 0.05) is 16.8 Å². The maximum absolute atomic E-state index is 13.4. The van der Waals surface area contributed by atoms with Crippen LogP contribution in [0.4, 0.5) is 18.9 Å². The van der Waals surface area contributed by atoms with Crippen LogP contribution in [0.15, 0.2) is 78.9 Å². The second kappa shape index (κ2) is 9.03. The van der Waals surface area contributed by atoms with Crippen LogP contribution in [-0.4, -0.2) is 26.8 Å². The highest BCUT2D eigenvalue weighted by atomic mass is 35.5. The summed E-state index contributed by atoms with van der Waals surface area (Å²) in [6.07, 6.45) is -4.66. The van der Waals surface area contributed by atoms with Crippen molar-refractivity contribution in [3.63, 3.8) is 0 Å². The number of benzene rings is 3. The monoisotopic (exact) mass is 485 g/mol. The zero-order valence-corrected chi connectivity index (χ0v) is 17.9. The van der Waals surface area contributed by atoms with E-state index in [0.29, 0.717) is 11.3 Å². The van der Waals surface area contributed by atoms with E-state index in [1.54, 1.807) is 30.3 Å². The van der Waals surface area contributed by atoms with Crippen molar-refractivity contribution >= 4 is 29.2 Å². The van der Waals surface area contributed by atoms with Gasteiger partial charge in [-0.3, -0.25) is 4.79 Å². The summed E-state index contributed by atoms with van der Waals surface area (Å²) in [5, 5.41) is 15.6. The molecule has 0 saturated carbocycles. The van der Waals surface area contributed by atoms with Crippen LogP contribution in [0.5, 0.6) is 0 Å². The number of nitrogens with one attached hydrogen (secondary N) is 1. The van der Waals surface area contributed by atoms with Crippen LogP contribution in [-0.2, 0) is 6.18 Å². The zero-order valence-electron chi connectivity index (χ0n) is 17.2. The van der Waals surface area contributed by atoms with Gasteiger partial charge in [-0.1, -0.05) is 41.9 Å². The Labute approximate surface area is 196 Å². The lowest BCUT2D eigenvalue weighted by Crippen LogP contribution is -2.12. The molecule has 4 rings (SSSR count). The molecule has 10 heteroatoms. The fourth-order valence-electron chi connectivity index (χ4n) is 3.26. The van der Waals surface area contributed by atoms with Gasteiger partial charge in [0.1, 0.15) is 0 Å². The van der Waals surface area contributed by atoms with Crippen molar-refractivity contribution in [1.82, 2.24) is 9.78 Å². The minimum atomic E-state index is -4.66. The lowest BCUT2D eigenvalue weighted by atomic mass is 10.1. The molecule has 0 atom stereocenters. The largest absolute Gasteiger partial charge is 0.478 e. The Morgan fingerprint density at radius 2 is 1.62 bits per heavy atom.